The number of hydrogen-bond acceptors (Lipinski definition) is 7. The van der Waals surface area contributed by atoms with Gasteiger partial charge in [-0.3, -0.25) is 4.79 Å². The minimum absolute atomic E-state index is 0.300. The number of anilines is 2. The average Bonchev–Trinajstić information content (AvgIpc) is 3.21. The zero-order valence-corrected chi connectivity index (χ0v) is 17.3. The van der Waals surface area contributed by atoms with Gasteiger partial charge in [-0.1, -0.05) is 16.7 Å². The zero-order chi connectivity index (χ0) is 21.3. The lowest BCUT2D eigenvalue weighted by atomic mass is 9.94. The van der Waals surface area contributed by atoms with Crippen LogP contribution >= 0.6 is 11.6 Å². The van der Waals surface area contributed by atoms with Crippen LogP contribution in [0.3, 0.4) is 0 Å². The summed E-state index contributed by atoms with van der Waals surface area (Å²) in [4.78, 5) is 13.3. The average molecular weight is 427 g/mol. The van der Waals surface area contributed by atoms with Gasteiger partial charge in [-0.15, -0.1) is 0 Å². The van der Waals surface area contributed by atoms with Gasteiger partial charge < -0.3 is 20.1 Å². The molecule has 0 aliphatic carbocycles. The monoisotopic (exact) mass is 426 g/mol. The number of carbonyl (C=O) groups excluding carboxylic acids is 1. The molecule has 1 aliphatic heterocycles. The van der Waals surface area contributed by atoms with E-state index in [0.29, 0.717) is 45.0 Å². The highest BCUT2D eigenvalue weighted by atomic mass is 35.5. The van der Waals surface area contributed by atoms with Crippen LogP contribution < -0.4 is 20.1 Å². The molecule has 2 aromatic carbocycles. The normalized spacial score (nSPS) is 15.3. The van der Waals surface area contributed by atoms with Gasteiger partial charge in [0.15, 0.2) is 0 Å². The number of aromatic nitrogens is 4. The van der Waals surface area contributed by atoms with Crippen LogP contribution in [0, 0.1) is 0 Å². The van der Waals surface area contributed by atoms with E-state index >= 15 is 0 Å². The molecule has 10 heteroatoms. The van der Waals surface area contributed by atoms with Gasteiger partial charge in [-0.25, -0.2) is 0 Å². The second-order valence-electron chi connectivity index (χ2n) is 6.58. The Bertz CT molecular complexity index is 1130. The maximum atomic E-state index is 13.3. The second kappa shape index (κ2) is 8.03. The number of benzene rings is 2. The third-order valence-electron chi connectivity index (χ3n) is 4.80. The number of carbonyl (C=O) groups is 1. The van der Waals surface area contributed by atoms with Gasteiger partial charge >= 0.3 is 0 Å². The van der Waals surface area contributed by atoms with Crippen molar-refractivity contribution in [3.8, 4) is 11.5 Å². The molecule has 0 bridgehead atoms. The first-order valence-electron chi connectivity index (χ1n) is 9.06. The molecule has 2 heterocycles. The van der Waals surface area contributed by atoms with Crippen LogP contribution in [0.1, 0.15) is 18.5 Å². The number of tetrazole rings is 1. The Kier molecular flexibility index (Phi) is 5.28. The van der Waals surface area contributed by atoms with E-state index in [1.807, 2.05) is 6.07 Å². The van der Waals surface area contributed by atoms with Gasteiger partial charge in [0.05, 0.1) is 19.8 Å². The Morgan fingerprint density at radius 3 is 2.63 bits per heavy atom. The maximum Gasteiger partial charge on any atom is 0.255 e. The summed E-state index contributed by atoms with van der Waals surface area (Å²) < 4.78 is 12.4. The van der Waals surface area contributed by atoms with E-state index in [-0.39, 0.29) is 5.91 Å². The molecule has 0 radical (unpaired) electrons. The molecule has 9 nitrogen and oxygen atoms in total. The van der Waals surface area contributed by atoms with Crippen LogP contribution in [0.2, 0.25) is 5.02 Å². The molecule has 1 unspecified atom stereocenters. The van der Waals surface area contributed by atoms with E-state index in [2.05, 4.69) is 26.2 Å². The molecule has 4 rings (SSSR count). The summed E-state index contributed by atoms with van der Waals surface area (Å²) in [6, 6.07) is 11.7. The number of halogens is 1. The summed E-state index contributed by atoms with van der Waals surface area (Å²) in [5.74, 6) is 1.31. The number of rotatable bonds is 5. The maximum absolute atomic E-state index is 13.3. The fraction of sp³-hybridized carbons (Fsp3) is 0.200. The molecule has 1 aliphatic rings. The molecule has 1 atom stereocenters. The number of ether oxygens (including phenoxy) is 2. The van der Waals surface area contributed by atoms with E-state index in [1.165, 1.54) is 0 Å². The second-order valence-corrected chi connectivity index (χ2v) is 7.02. The molecule has 1 aromatic heterocycles. The van der Waals surface area contributed by atoms with E-state index in [1.54, 1.807) is 62.2 Å². The number of nitrogens with one attached hydrogen (secondary N) is 2. The van der Waals surface area contributed by atoms with Gasteiger partial charge in [-0.05, 0) is 53.7 Å². The van der Waals surface area contributed by atoms with Crippen LogP contribution in [-0.4, -0.2) is 40.3 Å². The van der Waals surface area contributed by atoms with E-state index < -0.39 is 6.04 Å². The van der Waals surface area contributed by atoms with Gasteiger partial charge in [0.2, 0.25) is 5.95 Å². The molecule has 0 saturated carbocycles. The first kappa shape index (κ1) is 19.7. The topological polar surface area (TPSA) is 103 Å². The van der Waals surface area contributed by atoms with Crippen LogP contribution in [0.15, 0.2) is 53.7 Å². The van der Waals surface area contributed by atoms with E-state index in [4.69, 9.17) is 21.1 Å². The summed E-state index contributed by atoms with van der Waals surface area (Å²) in [6.45, 7) is 1.80. The van der Waals surface area contributed by atoms with Crippen LogP contribution in [0.5, 0.6) is 11.5 Å². The number of allylic oxidation sites excluding steroid dienone is 1. The number of fused-ring (bicyclic) bond motifs is 1. The van der Waals surface area contributed by atoms with Crippen molar-refractivity contribution < 1.29 is 14.3 Å². The fourth-order valence-electron chi connectivity index (χ4n) is 3.37. The first-order valence-corrected chi connectivity index (χ1v) is 9.44. The van der Waals surface area contributed by atoms with Gasteiger partial charge in [0.25, 0.3) is 5.91 Å². The molecule has 30 heavy (non-hydrogen) atoms. The number of amides is 1. The van der Waals surface area contributed by atoms with Crippen LogP contribution in [-0.2, 0) is 4.79 Å². The van der Waals surface area contributed by atoms with Crippen LogP contribution in [0.4, 0.5) is 11.6 Å². The third kappa shape index (κ3) is 3.55. The Morgan fingerprint density at radius 2 is 1.93 bits per heavy atom. The Hall–Kier alpha value is -3.59. The summed E-state index contributed by atoms with van der Waals surface area (Å²) in [7, 11) is 3.14. The molecule has 3 aromatic rings. The van der Waals surface area contributed by atoms with Crippen molar-refractivity contribution in [3.05, 3.63) is 64.3 Å². The van der Waals surface area contributed by atoms with Crippen molar-refractivity contribution >= 4 is 29.1 Å². The zero-order valence-electron chi connectivity index (χ0n) is 16.5. The van der Waals surface area contributed by atoms with Crippen molar-refractivity contribution in [1.82, 2.24) is 20.2 Å². The Balaban J connectivity index is 1.79. The standard InChI is InChI=1S/C20H19ClN6O3/c1-11-17(19(28)23-13-6-4-12(21)5-7-13)18(27-20(22-11)24-25-26-27)15-9-8-14(29-2)10-16(15)30-3/h4-10,18H,1-3H3,(H,23,28)(H,22,24,26). The van der Waals surface area contributed by atoms with Crippen molar-refractivity contribution in [1.29, 1.82) is 0 Å². The molecular weight excluding hydrogens is 408 g/mol. The molecular formula is C20H19ClN6O3. The summed E-state index contributed by atoms with van der Waals surface area (Å²) in [6.07, 6.45) is 0. The lowest BCUT2D eigenvalue weighted by molar-refractivity contribution is -0.113. The highest BCUT2D eigenvalue weighted by Crippen LogP contribution is 2.40. The largest absolute Gasteiger partial charge is 0.497 e. The highest BCUT2D eigenvalue weighted by Gasteiger charge is 2.35. The van der Waals surface area contributed by atoms with Gasteiger partial charge in [0.1, 0.15) is 17.5 Å². The summed E-state index contributed by atoms with van der Waals surface area (Å²) in [5, 5.41) is 18.4. The van der Waals surface area contributed by atoms with E-state index in [0.717, 1.165) is 0 Å². The lowest BCUT2D eigenvalue weighted by Gasteiger charge is -2.29. The van der Waals surface area contributed by atoms with Gasteiger partial charge in [-0.2, -0.15) is 4.68 Å². The number of hydrogen-bond donors (Lipinski definition) is 2. The minimum Gasteiger partial charge on any atom is -0.497 e. The molecule has 1 amide bonds. The molecule has 0 spiro atoms. The quantitative estimate of drug-likeness (QED) is 0.645. The number of nitrogens with zero attached hydrogens (tertiary/aromatic N) is 4. The van der Waals surface area contributed by atoms with Gasteiger partial charge in [0, 0.05) is 28.0 Å². The molecule has 0 saturated heterocycles. The Morgan fingerprint density at radius 1 is 1.17 bits per heavy atom. The van der Waals surface area contributed by atoms with Crippen LogP contribution in [0.25, 0.3) is 0 Å². The number of methoxy groups -OCH3 is 2. The molecule has 2 N–H and O–H groups in total. The smallest absolute Gasteiger partial charge is 0.255 e. The predicted octanol–water partition coefficient (Wildman–Crippen LogP) is 3.27. The van der Waals surface area contributed by atoms with Crippen molar-refractivity contribution in [2.75, 3.05) is 24.9 Å². The first-order chi connectivity index (χ1) is 14.5. The summed E-state index contributed by atoms with van der Waals surface area (Å²) >= 11 is 5.94. The van der Waals surface area contributed by atoms with Crippen molar-refractivity contribution in [3.63, 3.8) is 0 Å². The van der Waals surface area contributed by atoms with Crippen molar-refractivity contribution in [2.24, 2.45) is 0 Å². The molecule has 0 fully saturated rings. The van der Waals surface area contributed by atoms with E-state index in [9.17, 15) is 4.79 Å². The highest BCUT2D eigenvalue weighted by molar-refractivity contribution is 6.30. The SMILES string of the molecule is COc1ccc(C2C(C(=O)Nc3ccc(Cl)cc3)=C(C)Nc3nnnn32)c(OC)c1. The third-order valence-corrected chi connectivity index (χ3v) is 5.05. The lowest BCUT2D eigenvalue weighted by Crippen LogP contribution is -2.31. The minimum atomic E-state index is -0.607. The van der Waals surface area contributed by atoms with Crippen molar-refractivity contribution in [2.45, 2.75) is 13.0 Å². The summed E-state index contributed by atoms with van der Waals surface area (Å²) in [5.41, 5.74) is 2.42. The molecule has 154 valence electrons. The Labute approximate surface area is 177 Å². The predicted molar refractivity (Wildman–Crippen MR) is 112 cm³/mol. The fourth-order valence-corrected chi connectivity index (χ4v) is 3.50.